The van der Waals surface area contributed by atoms with Crippen LogP contribution in [-0.2, 0) is 17.6 Å². The number of rotatable bonds is 4. The van der Waals surface area contributed by atoms with Gasteiger partial charge in [-0.1, -0.05) is 13.8 Å². The van der Waals surface area contributed by atoms with Crippen molar-refractivity contribution < 1.29 is 9.18 Å². The Bertz CT molecular complexity index is 832. The van der Waals surface area contributed by atoms with E-state index in [1.807, 2.05) is 46.6 Å². The van der Waals surface area contributed by atoms with Gasteiger partial charge in [-0.15, -0.1) is 0 Å². The molecule has 0 atom stereocenters. The van der Waals surface area contributed by atoms with Gasteiger partial charge in [-0.25, -0.2) is 14.4 Å². The van der Waals surface area contributed by atoms with E-state index in [2.05, 4.69) is 20.3 Å². The van der Waals surface area contributed by atoms with Gasteiger partial charge in [0.05, 0.1) is 6.54 Å². The van der Waals surface area contributed by atoms with E-state index in [1.54, 1.807) is 0 Å². The molecule has 28 heavy (non-hydrogen) atoms. The predicted molar refractivity (Wildman–Crippen MR) is 110 cm³/mol. The molecule has 2 aromatic heterocycles. The number of aromatic nitrogens is 3. The first-order valence-corrected chi connectivity index (χ1v) is 9.77. The first kappa shape index (κ1) is 21.7. The lowest BCUT2D eigenvalue weighted by Gasteiger charge is -2.25. The van der Waals surface area contributed by atoms with Crippen LogP contribution in [0.3, 0.4) is 0 Å². The number of likely N-dealkylation sites (N-methyl/N-ethyl adjacent to an activating group) is 1. The van der Waals surface area contributed by atoms with Crippen molar-refractivity contribution in [2.24, 2.45) is 0 Å². The molecular weight excluding hydrogens is 357 g/mol. The number of aryl methyl sites for hydroxylation is 1. The fraction of sp³-hybridized carbons (Fsp3) is 0.524. The highest BCUT2D eigenvalue weighted by Crippen LogP contribution is 2.30. The van der Waals surface area contributed by atoms with Crippen LogP contribution in [0.5, 0.6) is 0 Å². The number of nitrogens with one attached hydrogen (secondary N) is 1. The van der Waals surface area contributed by atoms with Gasteiger partial charge in [0.25, 0.3) is 0 Å². The van der Waals surface area contributed by atoms with E-state index in [1.165, 1.54) is 18.3 Å². The SMILES string of the molecule is CC.CN(CC(=O)NC(C)(C)C)c1nc(-c2cc(F)ccn2)nc2c1CCC2. The van der Waals surface area contributed by atoms with Gasteiger partial charge in [0, 0.05) is 36.1 Å². The molecule has 0 fully saturated rings. The molecular formula is C21H30FN5O. The molecule has 3 rings (SSSR count). The second-order valence-electron chi connectivity index (χ2n) is 7.66. The second kappa shape index (κ2) is 9.08. The van der Waals surface area contributed by atoms with Crippen LogP contribution in [0.2, 0.25) is 0 Å². The summed E-state index contributed by atoms with van der Waals surface area (Å²) in [6.07, 6.45) is 4.14. The first-order chi connectivity index (χ1) is 13.2. The zero-order valence-electron chi connectivity index (χ0n) is 17.6. The zero-order valence-corrected chi connectivity index (χ0v) is 17.6. The number of amides is 1. The van der Waals surface area contributed by atoms with Gasteiger partial charge in [0.15, 0.2) is 5.82 Å². The van der Waals surface area contributed by atoms with Gasteiger partial charge in [-0.05, 0) is 46.1 Å². The fourth-order valence-corrected chi connectivity index (χ4v) is 3.12. The number of carbonyl (C=O) groups is 1. The Morgan fingerprint density at radius 3 is 2.61 bits per heavy atom. The molecule has 1 aliphatic rings. The number of halogens is 1. The third-order valence-electron chi connectivity index (χ3n) is 4.12. The summed E-state index contributed by atoms with van der Waals surface area (Å²) in [6.45, 7) is 10.0. The highest BCUT2D eigenvalue weighted by molar-refractivity contribution is 5.82. The van der Waals surface area contributed by atoms with Crippen molar-refractivity contribution in [3.05, 3.63) is 35.4 Å². The minimum Gasteiger partial charge on any atom is -0.350 e. The summed E-state index contributed by atoms with van der Waals surface area (Å²) in [5.74, 6) is 0.662. The van der Waals surface area contributed by atoms with Gasteiger partial charge in [0.2, 0.25) is 5.91 Å². The Morgan fingerprint density at radius 2 is 1.96 bits per heavy atom. The summed E-state index contributed by atoms with van der Waals surface area (Å²) >= 11 is 0. The molecule has 0 unspecified atom stereocenters. The summed E-state index contributed by atoms with van der Waals surface area (Å²) in [5, 5.41) is 2.96. The zero-order chi connectivity index (χ0) is 20.9. The van der Waals surface area contributed by atoms with Crippen molar-refractivity contribution in [1.29, 1.82) is 0 Å². The van der Waals surface area contributed by atoms with Crippen LogP contribution in [0.15, 0.2) is 18.3 Å². The standard InChI is InChI=1S/C19H24FN5O.C2H6/c1-19(2,3)24-16(26)11-25(4)18-13-6-5-7-14(13)22-17(23-18)15-10-12(20)8-9-21-15;1-2/h8-10H,5-7,11H2,1-4H3,(H,24,26);1-2H3. The number of hydrogen-bond donors (Lipinski definition) is 1. The summed E-state index contributed by atoms with van der Waals surface area (Å²) in [6, 6.07) is 2.62. The second-order valence-corrected chi connectivity index (χ2v) is 7.66. The van der Waals surface area contributed by atoms with Crippen molar-refractivity contribution >= 4 is 11.7 Å². The highest BCUT2D eigenvalue weighted by Gasteiger charge is 2.24. The number of hydrogen-bond acceptors (Lipinski definition) is 5. The maximum absolute atomic E-state index is 13.6. The largest absolute Gasteiger partial charge is 0.350 e. The number of carbonyl (C=O) groups excluding carboxylic acids is 1. The molecule has 0 bridgehead atoms. The number of nitrogens with zero attached hydrogens (tertiary/aromatic N) is 4. The van der Waals surface area contributed by atoms with E-state index < -0.39 is 0 Å². The van der Waals surface area contributed by atoms with Crippen LogP contribution in [0.25, 0.3) is 11.5 Å². The average Bonchev–Trinajstić information content (AvgIpc) is 3.09. The summed E-state index contributed by atoms with van der Waals surface area (Å²) in [4.78, 5) is 27.5. The van der Waals surface area contributed by atoms with Gasteiger partial charge in [-0.2, -0.15) is 0 Å². The Morgan fingerprint density at radius 1 is 1.25 bits per heavy atom. The summed E-state index contributed by atoms with van der Waals surface area (Å²) in [7, 11) is 1.84. The molecule has 6 nitrogen and oxygen atoms in total. The molecule has 2 aromatic rings. The van der Waals surface area contributed by atoms with Crippen LogP contribution < -0.4 is 10.2 Å². The van der Waals surface area contributed by atoms with E-state index >= 15 is 0 Å². The third-order valence-corrected chi connectivity index (χ3v) is 4.12. The molecule has 0 saturated carbocycles. The Hall–Kier alpha value is -2.57. The van der Waals surface area contributed by atoms with E-state index in [0.717, 1.165) is 36.3 Å². The van der Waals surface area contributed by atoms with Gasteiger partial charge >= 0.3 is 0 Å². The number of fused-ring (bicyclic) bond motifs is 1. The normalized spacial score (nSPS) is 12.7. The molecule has 2 heterocycles. The van der Waals surface area contributed by atoms with E-state index in [-0.39, 0.29) is 23.8 Å². The van der Waals surface area contributed by atoms with Gasteiger partial charge in [0.1, 0.15) is 17.3 Å². The maximum Gasteiger partial charge on any atom is 0.239 e. The van der Waals surface area contributed by atoms with Crippen LogP contribution in [0.4, 0.5) is 10.2 Å². The molecule has 1 N–H and O–H groups in total. The monoisotopic (exact) mass is 387 g/mol. The maximum atomic E-state index is 13.6. The summed E-state index contributed by atoms with van der Waals surface area (Å²) in [5.41, 5.74) is 2.13. The first-order valence-electron chi connectivity index (χ1n) is 9.77. The molecule has 1 amide bonds. The lowest BCUT2D eigenvalue weighted by atomic mass is 10.1. The Kier molecular flexibility index (Phi) is 7.05. The number of anilines is 1. The molecule has 0 saturated heterocycles. The Labute approximate surface area is 166 Å². The van der Waals surface area contributed by atoms with Crippen LogP contribution in [0, 0.1) is 5.82 Å². The quantitative estimate of drug-likeness (QED) is 0.869. The third kappa shape index (κ3) is 5.47. The van der Waals surface area contributed by atoms with Crippen molar-refractivity contribution in [2.75, 3.05) is 18.5 Å². The smallest absolute Gasteiger partial charge is 0.239 e. The van der Waals surface area contributed by atoms with Crippen LogP contribution in [-0.4, -0.2) is 40.0 Å². The van der Waals surface area contributed by atoms with Crippen molar-refractivity contribution in [1.82, 2.24) is 20.3 Å². The van der Waals surface area contributed by atoms with Crippen molar-refractivity contribution in [3.8, 4) is 11.5 Å². The molecule has 0 radical (unpaired) electrons. The minimum atomic E-state index is -0.376. The molecule has 0 aromatic carbocycles. The van der Waals surface area contributed by atoms with Crippen molar-refractivity contribution in [2.45, 2.75) is 59.4 Å². The fourth-order valence-electron chi connectivity index (χ4n) is 3.12. The van der Waals surface area contributed by atoms with E-state index in [9.17, 15) is 9.18 Å². The van der Waals surface area contributed by atoms with E-state index in [4.69, 9.17) is 0 Å². The molecule has 152 valence electrons. The highest BCUT2D eigenvalue weighted by atomic mass is 19.1. The van der Waals surface area contributed by atoms with Crippen LogP contribution in [0.1, 0.15) is 52.3 Å². The van der Waals surface area contributed by atoms with Crippen LogP contribution >= 0.6 is 0 Å². The molecule has 0 aliphatic heterocycles. The van der Waals surface area contributed by atoms with Crippen molar-refractivity contribution in [3.63, 3.8) is 0 Å². The lowest BCUT2D eigenvalue weighted by molar-refractivity contribution is -0.121. The molecule has 1 aliphatic carbocycles. The predicted octanol–water partition coefficient (Wildman–Crippen LogP) is 3.54. The topological polar surface area (TPSA) is 71.0 Å². The van der Waals surface area contributed by atoms with Gasteiger partial charge in [-0.3, -0.25) is 9.78 Å². The lowest BCUT2D eigenvalue weighted by Crippen LogP contribution is -2.45. The molecule has 0 spiro atoms. The summed E-state index contributed by atoms with van der Waals surface area (Å²) < 4.78 is 13.6. The minimum absolute atomic E-state index is 0.0733. The Balaban J connectivity index is 0.00000136. The van der Waals surface area contributed by atoms with E-state index in [0.29, 0.717) is 11.5 Å². The molecule has 7 heteroatoms. The average molecular weight is 388 g/mol. The van der Waals surface area contributed by atoms with Gasteiger partial charge < -0.3 is 10.2 Å². The number of pyridine rings is 1.